The van der Waals surface area contributed by atoms with E-state index in [-0.39, 0.29) is 29.3 Å². The van der Waals surface area contributed by atoms with Gasteiger partial charge < -0.3 is 24.1 Å². The van der Waals surface area contributed by atoms with Gasteiger partial charge in [0.25, 0.3) is 0 Å². The van der Waals surface area contributed by atoms with Crippen LogP contribution < -0.4 is 18.9 Å². The Morgan fingerprint density at radius 2 is 1.91 bits per heavy atom. The maximum atomic E-state index is 12.3. The number of rotatable bonds is 7. The largest absolute Gasteiger partial charge is 0.507 e. The van der Waals surface area contributed by atoms with Crippen LogP contribution in [0.5, 0.6) is 28.7 Å². The highest BCUT2D eigenvalue weighted by molar-refractivity contribution is 5.98. The topological polar surface area (TPSA) is 91.3 Å². The summed E-state index contributed by atoms with van der Waals surface area (Å²) < 4.78 is 22.5. The highest BCUT2D eigenvalue weighted by atomic mass is 16.5. The number of aromatic hydroxyl groups is 1. The molecule has 2 heterocycles. The number of ether oxygens (including phenoxy) is 4. The SMILES string of the molecule is COc1ccc([C@H]2CC(=O)Oc3ccc(C(C)=O)c(O)c32)cc1OCCc1ccc2c(c1)CCO2. The van der Waals surface area contributed by atoms with Gasteiger partial charge in [-0.3, -0.25) is 9.59 Å². The van der Waals surface area contributed by atoms with Crippen LogP contribution in [0.3, 0.4) is 0 Å². The molecule has 0 radical (unpaired) electrons. The number of carbonyl (C=O) groups excluding carboxylic acids is 2. The molecule has 0 aromatic heterocycles. The van der Waals surface area contributed by atoms with Crippen molar-refractivity contribution in [2.75, 3.05) is 20.3 Å². The second kappa shape index (κ2) is 9.33. The average Bonchev–Trinajstić information content (AvgIpc) is 3.31. The minimum atomic E-state index is -0.490. The first-order valence-electron chi connectivity index (χ1n) is 11.6. The van der Waals surface area contributed by atoms with E-state index in [0.717, 1.165) is 29.9 Å². The predicted octanol–water partition coefficient (Wildman–Crippen LogP) is 4.60. The molecule has 2 aliphatic heterocycles. The molecule has 3 aromatic carbocycles. The molecule has 1 N–H and O–H groups in total. The minimum absolute atomic E-state index is 0.0326. The Bertz CT molecular complexity index is 1310. The molecular formula is C28H26O7. The van der Waals surface area contributed by atoms with Crippen LogP contribution in [-0.4, -0.2) is 37.2 Å². The summed E-state index contributed by atoms with van der Waals surface area (Å²) in [6.45, 7) is 2.54. The van der Waals surface area contributed by atoms with Crippen LogP contribution in [0.1, 0.15) is 51.9 Å². The van der Waals surface area contributed by atoms with Crippen molar-refractivity contribution in [3.63, 3.8) is 0 Å². The van der Waals surface area contributed by atoms with Gasteiger partial charge in [-0.15, -0.1) is 0 Å². The molecule has 7 heteroatoms. The second-order valence-electron chi connectivity index (χ2n) is 8.71. The molecule has 0 saturated carbocycles. The molecule has 0 spiro atoms. The highest BCUT2D eigenvalue weighted by Crippen LogP contribution is 2.46. The Hall–Kier alpha value is -4.00. The number of phenols is 1. The van der Waals surface area contributed by atoms with Crippen molar-refractivity contribution in [3.05, 3.63) is 76.3 Å². The Labute approximate surface area is 203 Å². The van der Waals surface area contributed by atoms with Crippen molar-refractivity contribution in [3.8, 4) is 28.7 Å². The molecule has 5 rings (SSSR count). The van der Waals surface area contributed by atoms with E-state index < -0.39 is 11.9 Å². The fourth-order valence-corrected chi connectivity index (χ4v) is 4.71. The zero-order chi connectivity index (χ0) is 24.5. The number of carbonyl (C=O) groups is 2. The highest BCUT2D eigenvalue weighted by Gasteiger charge is 2.33. The summed E-state index contributed by atoms with van der Waals surface area (Å²) in [4.78, 5) is 24.3. The number of ketones is 1. The molecule has 0 saturated heterocycles. The number of fused-ring (bicyclic) bond motifs is 2. The third-order valence-corrected chi connectivity index (χ3v) is 6.49. The van der Waals surface area contributed by atoms with Crippen molar-refractivity contribution in [2.24, 2.45) is 0 Å². The molecule has 35 heavy (non-hydrogen) atoms. The number of esters is 1. The lowest BCUT2D eigenvalue weighted by molar-refractivity contribution is -0.135. The maximum Gasteiger partial charge on any atom is 0.312 e. The summed E-state index contributed by atoms with van der Waals surface area (Å²) in [6.07, 6.45) is 1.66. The molecular weight excluding hydrogens is 448 g/mol. The monoisotopic (exact) mass is 474 g/mol. The van der Waals surface area contributed by atoms with Crippen LogP contribution in [0.4, 0.5) is 0 Å². The molecule has 0 bridgehead atoms. The van der Waals surface area contributed by atoms with Gasteiger partial charge in [0.15, 0.2) is 17.3 Å². The second-order valence-corrected chi connectivity index (χ2v) is 8.71. The fourth-order valence-electron chi connectivity index (χ4n) is 4.71. The number of phenolic OH excluding ortho intramolecular Hbond substituents is 1. The molecule has 1 atom stereocenters. The lowest BCUT2D eigenvalue weighted by atomic mass is 9.84. The Kier molecular flexibility index (Phi) is 6.07. The van der Waals surface area contributed by atoms with Gasteiger partial charge in [0.2, 0.25) is 0 Å². The zero-order valence-corrected chi connectivity index (χ0v) is 19.6. The van der Waals surface area contributed by atoms with Crippen LogP contribution in [0, 0.1) is 0 Å². The van der Waals surface area contributed by atoms with Crippen LogP contribution >= 0.6 is 0 Å². The Morgan fingerprint density at radius 3 is 2.71 bits per heavy atom. The molecule has 0 aliphatic carbocycles. The first kappa shape index (κ1) is 22.8. The molecule has 7 nitrogen and oxygen atoms in total. The molecule has 0 fully saturated rings. The van der Waals surface area contributed by atoms with Gasteiger partial charge >= 0.3 is 5.97 Å². The van der Waals surface area contributed by atoms with Gasteiger partial charge in [-0.2, -0.15) is 0 Å². The summed E-state index contributed by atoms with van der Waals surface area (Å²) in [5.74, 6) is 0.990. The van der Waals surface area contributed by atoms with Gasteiger partial charge in [0.1, 0.15) is 17.2 Å². The van der Waals surface area contributed by atoms with Crippen LogP contribution in [0.15, 0.2) is 48.5 Å². The van der Waals surface area contributed by atoms with E-state index in [0.29, 0.717) is 30.1 Å². The van der Waals surface area contributed by atoms with E-state index in [1.54, 1.807) is 19.2 Å². The Balaban J connectivity index is 1.41. The predicted molar refractivity (Wildman–Crippen MR) is 128 cm³/mol. The van der Waals surface area contributed by atoms with Crippen molar-refractivity contribution < 1.29 is 33.6 Å². The van der Waals surface area contributed by atoms with Crippen molar-refractivity contribution in [1.29, 1.82) is 0 Å². The summed E-state index contributed by atoms with van der Waals surface area (Å²) in [5.41, 5.74) is 3.75. The summed E-state index contributed by atoms with van der Waals surface area (Å²) >= 11 is 0. The van der Waals surface area contributed by atoms with E-state index >= 15 is 0 Å². The summed E-state index contributed by atoms with van der Waals surface area (Å²) in [7, 11) is 1.57. The van der Waals surface area contributed by atoms with Gasteiger partial charge in [-0.25, -0.2) is 0 Å². The Morgan fingerprint density at radius 1 is 1.09 bits per heavy atom. The van der Waals surface area contributed by atoms with Crippen LogP contribution in [-0.2, 0) is 17.6 Å². The van der Waals surface area contributed by atoms with Crippen molar-refractivity contribution >= 4 is 11.8 Å². The summed E-state index contributed by atoms with van der Waals surface area (Å²) in [5, 5.41) is 10.9. The third-order valence-electron chi connectivity index (χ3n) is 6.49. The lowest BCUT2D eigenvalue weighted by Gasteiger charge is -2.27. The van der Waals surface area contributed by atoms with Crippen LogP contribution in [0.2, 0.25) is 0 Å². The molecule has 3 aromatic rings. The minimum Gasteiger partial charge on any atom is -0.507 e. The first-order chi connectivity index (χ1) is 16.9. The maximum absolute atomic E-state index is 12.3. The number of hydrogen-bond donors (Lipinski definition) is 1. The van der Waals surface area contributed by atoms with Crippen LogP contribution in [0.25, 0.3) is 0 Å². The molecule has 180 valence electrons. The lowest BCUT2D eigenvalue weighted by Crippen LogP contribution is -2.21. The third kappa shape index (κ3) is 4.41. The van der Waals surface area contributed by atoms with E-state index in [1.807, 2.05) is 24.3 Å². The standard InChI is InChI=1S/C28H26O7/c1-16(29)20-5-8-24-27(28(20)31)21(15-26(30)35-24)18-4-7-23(32-2)25(14-18)34-11-9-17-3-6-22-19(13-17)10-12-33-22/h3-8,13-14,21,31H,9-12,15H2,1-2H3/t21-/m1/s1. The normalized spacial score (nSPS) is 16.1. The van der Waals surface area contributed by atoms with E-state index in [4.69, 9.17) is 18.9 Å². The van der Waals surface area contributed by atoms with Gasteiger partial charge in [0, 0.05) is 24.3 Å². The number of hydrogen-bond acceptors (Lipinski definition) is 7. The van der Waals surface area contributed by atoms with Gasteiger partial charge in [0.05, 0.1) is 32.3 Å². The van der Waals surface area contributed by atoms with E-state index in [9.17, 15) is 14.7 Å². The van der Waals surface area contributed by atoms with E-state index in [2.05, 4.69) is 6.07 Å². The summed E-state index contributed by atoms with van der Waals surface area (Å²) in [6, 6.07) is 14.7. The van der Waals surface area contributed by atoms with Gasteiger partial charge in [-0.05, 0) is 53.9 Å². The van der Waals surface area contributed by atoms with Gasteiger partial charge in [-0.1, -0.05) is 18.2 Å². The number of methoxy groups -OCH3 is 1. The zero-order valence-electron chi connectivity index (χ0n) is 19.6. The first-order valence-corrected chi connectivity index (χ1v) is 11.6. The molecule has 2 aliphatic rings. The van der Waals surface area contributed by atoms with Crippen molar-refractivity contribution in [1.82, 2.24) is 0 Å². The molecule has 0 amide bonds. The van der Waals surface area contributed by atoms with E-state index in [1.165, 1.54) is 18.6 Å². The molecule has 0 unspecified atom stereocenters. The number of Topliss-reactive ketones (excluding diaryl/α,β-unsaturated/α-hetero) is 1. The van der Waals surface area contributed by atoms with Crippen molar-refractivity contribution in [2.45, 2.75) is 32.1 Å². The quantitative estimate of drug-likeness (QED) is 0.304. The average molecular weight is 475 g/mol. The number of benzene rings is 3. The smallest absolute Gasteiger partial charge is 0.312 e. The fraction of sp³-hybridized carbons (Fsp3) is 0.286.